The molecule has 0 aliphatic heterocycles. The van der Waals surface area contributed by atoms with E-state index in [2.05, 4.69) is 156 Å². The van der Waals surface area contributed by atoms with Gasteiger partial charge < -0.3 is 24.8 Å². The summed E-state index contributed by atoms with van der Waals surface area (Å²) in [4.78, 5) is 0. The zero-order chi connectivity index (χ0) is 33.0. The van der Waals surface area contributed by atoms with Gasteiger partial charge in [-0.25, -0.2) is 11.6 Å². The average Bonchev–Trinajstić information content (AvgIpc) is 3.62. The maximum Gasteiger partial charge on any atom is -0.0632 e. The molecule has 0 heterocycles. The average molecular weight is 741 g/mol. The van der Waals surface area contributed by atoms with Crippen molar-refractivity contribution in [2.45, 2.75) is 106 Å². The molecule has 4 aromatic carbocycles. The minimum atomic E-state index is 0. The zero-order valence-corrected chi connectivity index (χ0v) is 34.4. The normalized spacial score (nSPS) is 15.3. The van der Waals surface area contributed by atoms with E-state index in [-0.39, 0.29) is 35.6 Å². The molecular formula is C44H50Cl2Zr-2. The van der Waals surface area contributed by atoms with Crippen LogP contribution < -0.4 is 24.8 Å². The molecule has 0 amide bonds. The van der Waals surface area contributed by atoms with Crippen LogP contribution in [-0.2, 0) is 41.5 Å². The fourth-order valence-electron chi connectivity index (χ4n) is 7.53. The van der Waals surface area contributed by atoms with Crippen LogP contribution in [0.1, 0.15) is 129 Å². The third-order valence-electron chi connectivity index (χ3n) is 9.82. The van der Waals surface area contributed by atoms with E-state index in [0.29, 0.717) is 5.92 Å². The fraction of sp³-hybridized carbons (Fsp3) is 0.364. The molecule has 0 saturated carbocycles. The quantitative estimate of drug-likeness (QED) is 0.205. The van der Waals surface area contributed by atoms with E-state index in [1.807, 2.05) is 0 Å². The topological polar surface area (TPSA) is 0 Å². The second-order valence-electron chi connectivity index (χ2n) is 15.0. The molecule has 4 aromatic rings. The Balaban J connectivity index is 0.000000228. The standard InChI is InChI=1S/C25H25.C10H15.C9H10.2ClH.Zr/c1-14-12-24(3,4)22-8-16-7-17-9-23-19(15(2)13-25(23,5)6)11-21(17)20(16)10-18(14)22;1-7(2)10-6-8(3)5-9(10)4;1-3-9-6-4-8(2)5-7-9;;;/h8-12H,7H2,1-6H3;5-7H,1-4H3;4-7H,1-2H3;2*1H;/q2*-1;;;;+2/p-2. The summed E-state index contributed by atoms with van der Waals surface area (Å²) in [5.41, 5.74) is 21.6. The summed E-state index contributed by atoms with van der Waals surface area (Å²) in [5, 5.41) is 0. The Morgan fingerprint density at radius 2 is 1.32 bits per heavy atom. The predicted octanol–water partition coefficient (Wildman–Crippen LogP) is 5.69. The maximum atomic E-state index is 3.65. The second kappa shape index (κ2) is 14.7. The Bertz CT molecular complexity index is 1770. The van der Waals surface area contributed by atoms with Gasteiger partial charge in [0.2, 0.25) is 0 Å². The van der Waals surface area contributed by atoms with E-state index < -0.39 is 0 Å². The van der Waals surface area contributed by atoms with Gasteiger partial charge in [-0.15, -0.1) is 11.6 Å². The van der Waals surface area contributed by atoms with Gasteiger partial charge in [-0.3, -0.25) is 6.08 Å². The minimum absolute atomic E-state index is 0. The first-order valence-corrected chi connectivity index (χ1v) is 17.7. The van der Waals surface area contributed by atoms with Crippen molar-refractivity contribution in [1.82, 2.24) is 0 Å². The molecule has 0 fully saturated rings. The van der Waals surface area contributed by atoms with E-state index >= 15 is 0 Å². The first-order chi connectivity index (χ1) is 21.0. The summed E-state index contributed by atoms with van der Waals surface area (Å²) < 4.78 is 1.46. The minimum Gasteiger partial charge on any atom is -1.00 e. The number of halogens is 2. The predicted molar refractivity (Wildman–Crippen MR) is 193 cm³/mol. The van der Waals surface area contributed by atoms with Gasteiger partial charge in [0.25, 0.3) is 0 Å². The van der Waals surface area contributed by atoms with Crippen molar-refractivity contribution >= 4 is 14.4 Å². The van der Waals surface area contributed by atoms with E-state index in [0.717, 1.165) is 6.42 Å². The van der Waals surface area contributed by atoms with Gasteiger partial charge in [-0.05, 0) is 58.4 Å². The maximum absolute atomic E-state index is 3.65. The first-order valence-electron chi connectivity index (χ1n) is 16.5. The smallest absolute Gasteiger partial charge is 0.0632 e. The molecule has 3 aliphatic rings. The van der Waals surface area contributed by atoms with Crippen LogP contribution in [0.15, 0.2) is 66.7 Å². The summed E-state index contributed by atoms with van der Waals surface area (Å²) >= 11 is 1.51. The van der Waals surface area contributed by atoms with Crippen LogP contribution in [0.5, 0.6) is 0 Å². The fourth-order valence-corrected chi connectivity index (χ4v) is 7.94. The number of aryl methyl sites for hydroxylation is 3. The Morgan fingerprint density at radius 3 is 1.81 bits per heavy atom. The Hall–Kier alpha value is -2.18. The van der Waals surface area contributed by atoms with Crippen molar-refractivity contribution in [1.29, 1.82) is 0 Å². The van der Waals surface area contributed by atoms with E-state index in [1.54, 1.807) is 0 Å². The largest absolute Gasteiger partial charge is 1.00 e. The van der Waals surface area contributed by atoms with Gasteiger partial charge in [-0.1, -0.05) is 91.9 Å². The van der Waals surface area contributed by atoms with Gasteiger partial charge in [0.05, 0.1) is 0 Å². The van der Waals surface area contributed by atoms with Gasteiger partial charge in [0, 0.05) is 5.41 Å². The molecule has 7 rings (SSSR count). The third-order valence-corrected chi connectivity index (χ3v) is 10.5. The molecule has 0 aromatic heterocycles. The third kappa shape index (κ3) is 8.01. The molecule has 47 heavy (non-hydrogen) atoms. The SMILES string of the molecule is CC1=[C-]C(C)(C)c2cc3c(cc21)-c1cc2c(cc1C3)C(C)(C)C=C2C.C[C](=[Zr+2])c1ccc(C)cc1.Cc1cc(C(C)C)c(C)[cH-]1.[Cl-].[Cl-]. The van der Waals surface area contributed by atoms with E-state index in [1.165, 1.54) is 111 Å². The number of allylic oxidation sites excluding steroid dienone is 4. The molecule has 3 aliphatic carbocycles. The number of rotatable bonds is 2. The summed E-state index contributed by atoms with van der Waals surface area (Å²) in [7, 11) is 0. The molecule has 0 unspecified atom stereocenters. The van der Waals surface area contributed by atoms with E-state index in [4.69, 9.17) is 0 Å². The molecule has 0 saturated heterocycles. The molecule has 0 radical (unpaired) electrons. The van der Waals surface area contributed by atoms with Crippen LogP contribution in [0.3, 0.4) is 0 Å². The molecule has 3 heteroatoms. The summed E-state index contributed by atoms with van der Waals surface area (Å²) in [5.74, 6) is 0.675. The van der Waals surface area contributed by atoms with Crippen molar-refractivity contribution in [3.63, 3.8) is 0 Å². The van der Waals surface area contributed by atoms with Crippen LogP contribution in [0.4, 0.5) is 0 Å². The zero-order valence-electron chi connectivity index (χ0n) is 30.4. The molecule has 0 atom stereocenters. The van der Waals surface area contributed by atoms with E-state index in [9.17, 15) is 0 Å². The Morgan fingerprint density at radius 1 is 0.766 bits per heavy atom. The monoisotopic (exact) mass is 738 g/mol. The number of hydrogen-bond acceptors (Lipinski definition) is 0. The van der Waals surface area contributed by atoms with Crippen molar-refractivity contribution in [3.05, 3.63) is 134 Å². The summed E-state index contributed by atoms with van der Waals surface area (Å²) in [6.07, 6.45) is 7.13. The van der Waals surface area contributed by atoms with Crippen LogP contribution >= 0.6 is 0 Å². The van der Waals surface area contributed by atoms with Gasteiger partial charge in [0.15, 0.2) is 0 Å². The van der Waals surface area contributed by atoms with Crippen molar-refractivity contribution in [2.75, 3.05) is 0 Å². The van der Waals surface area contributed by atoms with Crippen molar-refractivity contribution in [3.8, 4) is 11.1 Å². The molecule has 0 N–H and O–H groups in total. The molecule has 0 spiro atoms. The van der Waals surface area contributed by atoms with Gasteiger partial charge in [-0.2, -0.15) is 28.3 Å². The van der Waals surface area contributed by atoms with Crippen molar-refractivity contribution in [2.24, 2.45) is 0 Å². The first kappa shape index (κ1) is 39.3. The molecule has 0 nitrogen and oxygen atoms in total. The Labute approximate surface area is 312 Å². The van der Waals surface area contributed by atoms with Gasteiger partial charge >= 0.3 is 76.7 Å². The van der Waals surface area contributed by atoms with Crippen LogP contribution in [0.2, 0.25) is 0 Å². The molecule has 246 valence electrons. The summed E-state index contributed by atoms with van der Waals surface area (Å²) in [6, 6.07) is 23.0. The van der Waals surface area contributed by atoms with Gasteiger partial charge in [0.1, 0.15) is 0 Å². The summed E-state index contributed by atoms with van der Waals surface area (Å²) in [6.45, 7) is 26.8. The molecular weight excluding hydrogens is 691 g/mol. The van der Waals surface area contributed by atoms with Crippen molar-refractivity contribution < 1.29 is 49.0 Å². The van der Waals surface area contributed by atoms with Crippen LogP contribution in [0, 0.1) is 26.8 Å². The van der Waals surface area contributed by atoms with Crippen LogP contribution in [0.25, 0.3) is 22.3 Å². The molecule has 0 bridgehead atoms. The van der Waals surface area contributed by atoms with Crippen LogP contribution in [-0.4, -0.2) is 3.21 Å². The second-order valence-corrected chi connectivity index (χ2v) is 16.9. The number of fused-ring (bicyclic) bond motifs is 5. The number of hydrogen-bond donors (Lipinski definition) is 0. The Kier molecular flexibility index (Phi) is 12.3. The number of benzene rings is 3.